The van der Waals surface area contributed by atoms with E-state index in [4.69, 9.17) is 0 Å². The van der Waals surface area contributed by atoms with Gasteiger partial charge >= 0.3 is 0 Å². The minimum absolute atomic E-state index is 0.0137. The highest BCUT2D eigenvalue weighted by molar-refractivity contribution is 5.78. The number of amides is 1. The second kappa shape index (κ2) is 8.82. The van der Waals surface area contributed by atoms with Crippen molar-refractivity contribution < 1.29 is 4.79 Å². The van der Waals surface area contributed by atoms with E-state index in [2.05, 4.69) is 41.4 Å². The molecule has 132 valence electrons. The van der Waals surface area contributed by atoms with Gasteiger partial charge in [0, 0.05) is 0 Å². The lowest BCUT2D eigenvalue weighted by atomic mass is 9.98. The standard InChI is InChI=1S/C22H28N2O/c1-18-12-14-24(15-13-18)17-22(25)23-21(20-10-6-3-7-11-20)16-19-8-4-2-5-9-19/h2-11,18,21H,12-17H2,1H3,(H,23,25)/t21-/m1/s1. The topological polar surface area (TPSA) is 32.3 Å². The van der Waals surface area contributed by atoms with Gasteiger partial charge in [-0.1, -0.05) is 67.6 Å². The molecule has 3 rings (SSSR count). The first-order chi connectivity index (χ1) is 12.2. The van der Waals surface area contributed by atoms with Gasteiger partial charge in [0.25, 0.3) is 0 Å². The smallest absolute Gasteiger partial charge is 0.234 e. The summed E-state index contributed by atoms with van der Waals surface area (Å²) in [4.78, 5) is 14.9. The van der Waals surface area contributed by atoms with Gasteiger partial charge in [-0.25, -0.2) is 0 Å². The van der Waals surface area contributed by atoms with Gasteiger partial charge in [-0.2, -0.15) is 0 Å². The lowest BCUT2D eigenvalue weighted by Crippen LogP contribution is -2.42. The number of nitrogens with one attached hydrogen (secondary N) is 1. The van der Waals surface area contributed by atoms with Crippen LogP contribution in [0.1, 0.15) is 36.9 Å². The molecule has 1 saturated heterocycles. The molecule has 3 heteroatoms. The van der Waals surface area contributed by atoms with E-state index < -0.39 is 0 Å². The lowest BCUT2D eigenvalue weighted by molar-refractivity contribution is -0.123. The Kier molecular flexibility index (Phi) is 6.24. The summed E-state index contributed by atoms with van der Waals surface area (Å²) >= 11 is 0. The van der Waals surface area contributed by atoms with Crippen molar-refractivity contribution in [1.29, 1.82) is 0 Å². The number of rotatable bonds is 6. The van der Waals surface area contributed by atoms with E-state index in [1.54, 1.807) is 0 Å². The highest BCUT2D eigenvalue weighted by Gasteiger charge is 2.20. The average Bonchev–Trinajstić information content (AvgIpc) is 2.65. The van der Waals surface area contributed by atoms with Gasteiger partial charge < -0.3 is 5.32 Å². The molecule has 0 unspecified atom stereocenters. The first-order valence-electron chi connectivity index (χ1n) is 9.31. The van der Waals surface area contributed by atoms with E-state index in [0.29, 0.717) is 6.54 Å². The van der Waals surface area contributed by atoms with Crippen molar-refractivity contribution in [2.45, 2.75) is 32.2 Å². The molecule has 1 amide bonds. The number of carbonyl (C=O) groups excluding carboxylic acids is 1. The van der Waals surface area contributed by atoms with Crippen molar-refractivity contribution in [2.75, 3.05) is 19.6 Å². The first-order valence-corrected chi connectivity index (χ1v) is 9.31. The summed E-state index contributed by atoms with van der Waals surface area (Å²) in [6.45, 7) is 4.86. The van der Waals surface area contributed by atoms with Crippen LogP contribution in [-0.2, 0) is 11.2 Å². The van der Waals surface area contributed by atoms with Crippen LogP contribution in [0.2, 0.25) is 0 Å². The van der Waals surface area contributed by atoms with Gasteiger partial charge in [-0.3, -0.25) is 9.69 Å². The van der Waals surface area contributed by atoms with Crippen LogP contribution >= 0.6 is 0 Å². The molecule has 0 spiro atoms. The van der Waals surface area contributed by atoms with Crippen LogP contribution in [0.4, 0.5) is 0 Å². The SMILES string of the molecule is CC1CCN(CC(=O)N[C@H](Cc2ccccc2)c2ccccc2)CC1. The molecule has 0 saturated carbocycles. The molecule has 0 radical (unpaired) electrons. The summed E-state index contributed by atoms with van der Waals surface area (Å²) in [5.41, 5.74) is 2.40. The van der Waals surface area contributed by atoms with Crippen molar-refractivity contribution in [3.8, 4) is 0 Å². The molecule has 1 aliphatic heterocycles. The molecular formula is C22H28N2O. The predicted molar refractivity (Wildman–Crippen MR) is 102 cm³/mol. The fourth-order valence-electron chi connectivity index (χ4n) is 3.45. The number of hydrogen-bond acceptors (Lipinski definition) is 2. The zero-order valence-electron chi connectivity index (χ0n) is 15.0. The maximum Gasteiger partial charge on any atom is 0.234 e. The fourth-order valence-corrected chi connectivity index (χ4v) is 3.45. The van der Waals surface area contributed by atoms with E-state index in [9.17, 15) is 4.79 Å². The van der Waals surface area contributed by atoms with E-state index in [-0.39, 0.29) is 11.9 Å². The molecule has 1 heterocycles. The molecule has 1 N–H and O–H groups in total. The van der Waals surface area contributed by atoms with Crippen LogP contribution in [0.3, 0.4) is 0 Å². The Morgan fingerprint density at radius 3 is 2.28 bits per heavy atom. The summed E-state index contributed by atoms with van der Waals surface area (Å²) in [5, 5.41) is 3.26. The van der Waals surface area contributed by atoms with Crippen LogP contribution in [-0.4, -0.2) is 30.4 Å². The van der Waals surface area contributed by atoms with E-state index in [0.717, 1.165) is 31.0 Å². The Balaban J connectivity index is 1.64. The summed E-state index contributed by atoms with van der Waals surface area (Å²) in [5.74, 6) is 0.911. The Morgan fingerprint density at radius 1 is 1.04 bits per heavy atom. The average molecular weight is 336 g/mol. The number of benzene rings is 2. The Labute approximate surface area is 151 Å². The third kappa shape index (κ3) is 5.43. The summed E-state index contributed by atoms with van der Waals surface area (Å²) in [7, 11) is 0. The van der Waals surface area contributed by atoms with Crippen molar-refractivity contribution >= 4 is 5.91 Å². The van der Waals surface area contributed by atoms with Crippen molar-refractivity contribution in [3.05, 3.63) is 71.8 Å². The second-order valence-electron chi connectivity index (χ2n) is 7.18. The Morgan fingerprint density at radius 2 is 1.64 bits per heavy atom. The van der Waals surface area contributed by atoms with Gasteiger partial charge in [-0.15, -0.1) is 0 Å². The normalized spacial score (nSPS) is 17.2. The van der Waals surface area contributed by atoms with Crippen LogP contribution in [0.5, 0.6) is 0 Å². The second-order valence-corrected chi connectivity index (χ2v) is 7.18. The van der Waals surface area contributed by atoms with Crippen LogP contribution in [0, 0.1) is 5.92 Å². The lowest BCUT2D eigenvalue weighted by Gasteiger charge is -2.30. The summed E-state index contributed by atoms with van der Waals surface area (Å²) < 4.78 is 0. The molecule has 25 heavy (non-hydrogen) atoms. The zero-order chi connectivity index (χ0) is 17.5. The molecule has 0 aliphatic carbocycles. The molecule has 1 fully saturated rings. The molecular weight excluding hydrogens is 308 g/mol. The molecule has 0 bridgehead atoms. The van der Waals surface area contributed by atoms with Gasteiger partial charge in [0.1, 0.15) is 0 Å². The molecule has 1 atom stereocenters. The van der Waals surface area contributed by atoms with Gasteiger partial charge in [0.2, 0.25) is 5.91 Å². The van der Waals surface area contributed by atoms with Crippen molar-refractivity contribution in [2.24, 2.45) is 5.92 Å². The predicted octanol–water partition coefficient (Wildman–Crippen LogP) is 3.82. The fraction of sp³-hybridized carbons (Fsp3) is 0.409. The Hall–Kier alpha value is -2.13. The molecule has 3 nitrogen and oxygen atoms in total. The van der Waals surface area contributed by atoms with E-state index >= 15 is 0 Å². The number of carbonyl (C=O) groups is 1. The number of nitrogens with zero attached hydrogens (tertiary/aromatic N) is 1. The van der Waals surface area contributed by atoms with Crippen molar-refractivity contribution in [3.63, 3.8) is 0 Å². The highest BCUT2D eigenvalue weighted by atomic mass is 16.2. The Bertz CT molecular complexity index is 648. The quantitative estimate of drug-likeness (QED) is 0.870. The zero-order valence-corrected chi connectivity index (χ0v) is 15.0. The van der Waals surface area contributed by atoms with Crippen LogP contribution in [0.15, 0.2) is 60.7 Å². The molecule has 1 aliphatic rings. The molecule has 2 aromatic rings. The van der Waals surface area contributed by atoms with Crippen LogP contribution in [0.25, 0.3) is 0 Å². The third-order valence-electron chi connectivity index (χ3n) is 5.06. The first kappa shape index (κ1) is 17.7. The maximum absolute atomic E-state index is 12.6. The van der Waals surface area contributed by atoms with Crippen molar-refractivity contribution in [1.82, 2.24) is 10.2 Å². The third-order valence-corrected chi connectivity index (χ3v) is 5.06. The van der Waals surface area contributed by atoms with E-state index in [1.807, 2.05) is 36.4 Å². The summed E-state index contributed by atoms with van der Waals surface area (Å²) in [6, 6.07) is 20.6. The molecule has 0 aromatic heterocycles. The van der Waals surface area contributed by atoms with E-state index in [1.165, 1.54) is 18.4 Å². The number of hydrogen-bond donors (Lipinski definition) is 1. The minimum Gasteiger partial charge on any atom is -0.348 e. The largest absolute Gasteiger partial charge is 0.348 e. The number of likely N-dealkylation sites (tertiary alicyclic amines) is 1. The maximum atomic E-state index is 12.6. The monoisotopic (exact) mass is 336 g/mol. The summed E-state index contributed by atoms with van der Waals surface area (Å²) in [6.07, 6.45) is 3.20. The van der Waals surface area contributed by atoms with Gasteiger partial charge in [-0.05, 0) is 49.4 Å². The minimum atomic E-state index is 0.0137. The highest BCUT2D eigenvalue weighted by Crippen LogP contribution is 2.19. The van der Waals surface area contributed by atoms with Crippen LogP contribution < -0.4 is 5.32 Å². The molecule has 2 aromatic carbocycles. The van der Waals surface area contributed by atoms with Gasteiger partial charge in [0.15, 0.2) is 0 Å². The van der Waals surface area contributed by atoms with Gasteiger partial charge in [0.05, 0.1) is 12.6 Å². The number of piperidine rings is 1.